The van der Waals surface area contributed by atoms with E-state index in [4.69, 9.17) is 0 Å². The van der Waals surface area contributed by atoms with E-state index >= 15 is 0 Å². The number of carbonyl (C=O) groups is 3. The molecule has 2 aliphatic heterocycles. The van der Waals surface area contributed by atoms with Crippen molar-refractivity contribution >= 4 is 28.6 Å². The van der Waals surface area contributed by atoms with E-state index in [9.17, 15) is 14.4 Å². The van der Waals surface area contributed by atoms with Crippen LogP contribution in [0.25, 0.3) is 10.9 Å². The number of benzene rings is 2. The molecule has 0 bridgehead atoms. The molecule has 1 unspecified atom stereocenters. The number of hydrogen-bond donors (Lipinski definition) is 1. The number of imide groups is 1. The predicted molar refractivity (Wildman–Crippen MR) is 104 cm³/mol. The lowest BCUT2D eigenvalue weighted by Crippen LogP contribution is -2.42. The van der Waals surface area contributed by atoms with Gasteiger partial charge in [0.05, 0.1) is 23.6 Å². The topological polar surface area (TPSA) is 73.5 Å². The molecule has 1 N–H and O–H groups in total. The molecule has 0 saturated carbocycles. The van der Waals surface area contributed by atoms with E-state index in [1.54, 1.807) is 29.2 Å². The van der Waals surface area contributed by atoms with Crippen molar-refractivity contribution in [2.75, 3.05) is 13.1 Å². The van der Waals surface area contributed by atoms with Gasteiger partial charge in [0.25, 0.3) is 11.8 Å². The average molecular weight is 373 g/mol. The number of para-hydroxylation sites is 1. The second kappa shape index (κ2) is 6.34. The van der Waals surface area contributed by atoms with Crippen LogP contribution in [0.2, 0.25) is 0 Å². The van der Waals surface area contributed by atoms with Gasteiger partial charge in [0.1, 0.15) is 0 Å². The van der Waals surface area contributed by atoms with Crippen LogP contribution in [-0.4, -0.2) is 51.6 Å². The molecule has 2 aromatic carbocycles. The maximum atomic E-state index is 12.8. The van der Waals surface area contributed by atoms with Crippen LogP contribution in [0, 0.1) is 0 Å². The summed E-state index contributed by atoms with van der Waals surface area (Å²) in [7, 11) is 0. The first kappa shape index (κ1) is 16.7. The Hall–Kier alpha value is -3.41. The highest BCUT2D eigenvalue weighted by molar-refractivity contribution is 6.21. The standard InChI is InChI=1S/C22H19N3O3/c26-20(11-14-12-23-19-8-4-3-5-16(14)19)24-10-9-15(13-24)25-21(27)17-6-1-2-7-18(17)22(25)28/h1-8,12,15,23H,9-11,13H2. The molecule has 1 aromatic heterocycles. The number of rotatable bonds is 3. The Kier molecular flexibility index (Phi) is 3.79. The van der Waals surface area contributed by atoms with Gasteiger partial charge in [-0.2, -0.15) is 0 Å². The third kappa shape index (κ3) is 2.52. The van der Waals surface area contributed by atoms with Crippen molar-refractivity contribution < 1.29 is 14.4 Å². The third-order valence-electron chi connectivity index (χ3n) is 5.72. The minimum Gasteiger partial charge on any atom is -0.361 e. The summed E-state index contributed by atoms with van der Waals surface area (Å²) >= 11 is 0. The number of fused-ring (bicyclic) bond motifs is 2. The van der Waals surface area contributed by atoms with Gasteiger partial charge in [0, 0.05) is 30.2 Å². The van der Waals surface area contributed by atoms with Gasteiger partial charge in [-0.25, -0.2) is 0 Å². The van der Waals surface area contributed by atoms with Crippen LogP contribution < -0.4 is 0 Å². The van der Waals surface area contributed by atoms with Crippen LogP contribution in [0.5, 0.6) is 0 Å². The molecule has 28 heavy (non-hydrogen) atoms. The molecule has 6 heteroatoms. The average Bonchev–Trinajstić information content (AvgIpc) is 3.41. The van der Waals surface area contributed by atoms with Crippen molar-refractivity contribution in [2.24, 2.45) is 0 Å². The van der Waals surface area contributed by atoms with Crippen LogP contribution in [0.1, 0.15) is 32.7 Å². The van der Waals surface area contributed by atoms with Gasteiger partial charge in [-0.05, 0) is 30.2 Å². The summed E-state index contributed by atoms with van der Waals surface area (Å²) in [5.74, 6) is -0.489. The fraction of sp³-hybridized carbons (Fsp3) is 0.227. The Morgan fingerprint density at radius 1 is 1.00 bits per heavy atom. The lowest BCUT2D eigenvalue weighted by Gasteiger charge is -2.22. The van der Waals surface area contributed by atoms with Crippen molar-refractivity contribution in [1.82, 2.24) is 14.8 Å². The fourth-order valence-electron chi connectivity index (χ4n) is 4.27. The molecule has 3 amide bonds. The number of H-pyrrole nitrogens is 1. The minimum absolute atomic E-state index is 0.0175. The lowest BCUT2D eigenvalue weighted by molar-refractivity contribution is -0.129. The number of aromatic nitrogens is 1. The highest BCUT2D eigenvalue weighted by Gasteiger charge is 2.42. The van der Waals surface area contributed by atoms with E-state index in [1.807, 2.05) is 30.5 Å². The zero-order valence-electron chi connectivity index (χ0n) is 15.2. The highest BCUT2D eigenvalue weighted by atomic mass is 16.2. The summed E-state index contributed by atoms with van der Waals surface area (Å²) in [4.78, 5) is 44.5. The fourth-order valence-corrected chi connectivity index (χ4v) is 4.27. The summed E-state index contributed by atoms with van der Waals surface area (Å²) < 4.78 is 0. The van der Waals surface area contributed by atoms with Crippen molar-refractivity contribution in [3.05, 3.63) is 71.4 Å². The Morgan fingerprint density at radius 3 is 2.43 bits per heavy atom. The second-order valence-corrected chi connectivity index (χ2v) is 7.34. The first-order valence-corrected chi connectivity index (χ1v) is 9.43. The molecular formula is C22H19N3O3. The van der Waals surface area contributed by atoms with Gasteiger partial charge < -0.3 is 9.88 Å². The van der Waals surface area contributed by atoms with Gasteiger partial charge >= 0.3 is 0 Å². The van der Waals surface area contributed by atoms with Crippen molar-refractivity contribution in [2.45, 2.75) is 18.9 Å². The Morgan fingerprint density at radius 2 is 1.68 bits per heavy atom. The van der Waals surface area contributed by atoms with Crippen LogP contribution >= 0.6 is 0 Å². The Labute approximate surface area is 161 Å². The van der Waals surface area contributed by atoms with E-state index in [2.05, 4.69) is 4.98 Å². The van der Waals surface area contributed by atoms with Crippen LogP contribution in [0.4, 0.5) is 0 Å². The zero-order valence-corrected chi connectivity index (χ0v) is 15.2. The molecule has 0 radical (unpaired) electrons. The van der Waals surface area contributed by atoms with Crippen molar-refractivity contribution in [3.8, 4) is 0 Å². The van der Waals surface area contributed by atoms with E-state index in [0.29, 0.717) is 37.1 Å². The summed E-state index contributed by atoms with van der Waals surface area (Å²) in [5, 5.41) is 1.05. The molecule has 2 aliphatic rings. The summed E-state index contributed by atoms with van der Waals surface area (Å²) in [6.07, 6.45) is 2.80. The Bertz CT molecular complexity index is 1080. The lowest BCUT2D eigenvalue weighted by atomic mass is 10.1. The van der Waals surface area contributed by atoms with Crippen LogP contribution in [-0.2, 0) is 11.2 Å². The Balaban J connectivity index is 1.30. The quantitative estimate of drug-likeness (QED) is 0.717. The molecule has 0 aliphatic carbocycles. The molecule has 1 atom stereocenters. The normalized spacial score (nSPS) is 18.9. The maximum absolute atomic E-state index is 12.8. The molecule has 140 valence electrons. The van der Waals surface area contributed by atoms with Gasteiger partial charge in [0.15, 0.2) is 0 Å². The number of nitrogens with zero attached hydrogens (tertiary/aromatic N) is 2. The molecular weight excluding hydrogens is 354 g/mol. The summed E-state index contributed by atoms with van der Waals surface area (Å²) in [6.45, 7) is 0.950. The van der Waals surface area contributed by atoms with Gasteiger partial charge in [-0.15, -0.1) is 0 Å². The minimum atomic E-state index is -0.265. The van der Waals surface area contributed by atoms with Gasteiger partial charge in [0.2, 0.25) is 5.91 Å². The molecule has 5 rings (SSSR count). The summed E-state index contributed by atoms with van der Waals surface area (Å²) in [5.41, 5.74) is 2.88. The molecule has 1 fully saturated rings. The van der Waals surface area contributed by atoms with E-state index in [-0.39, 0.29) is 23.8 Å². The van der Waals surface area contributed by atoms with Crippen LogP contribution in [0.15, 0.2) is 54.7 Å². The molecule has 0 spiro atoms. The SMILES string of the molecule is O=C(Cc1c[nH]c2ccccc12)N1CCC(N2C(=O)c3ccccc3C2=O)C1. The number of nitrogens with one attached hydrogen (secondary N) is 1. The number of amides is 3. The highest BCUT2D eigenvalue weighted by Crippen LogP contribution is 2.28. The van der Waals surface area contributed by atoms with E-state index < -0.39 is 0 Å². The number of aromatic amines is 1. The molecule has 3 aromatic rings. The van der Waals surface area contributed by atoms with E-state index in [0.717, 1.165) is 16.5 Å². The van der Waals surface area contributed by atoms with Gasteiger partial charge in [-0.1, -0.05) is 30.3 Å². The zero-order chi connectivity index (χ0) is 19.3. The van der Waals surface area contributed by atoms with E-state index in [1.165, 1.54) is 4.90 Å². The first-order chi connectivity index (χ1) is 13.6. The monoisotopic (exact) mass is 373 g/mol. The molecule has 1 saturated heterocycles. The number of likely N-dealkylation sites (tertiary alicyclic amines) is 1. The molecule has 6 nitrogen and oxygen atoms in total. The van der Waals surface area contributed by atoms with Crippen molar-refractivity contribution in [1.29, 1.82) is 0 Å². The van der Waals surface area contributed by atoms with Crippen molar-refractivity contribution in [3.63, 3.8) is 0 Å². The maximum Gasteiger partial charge on any atom is 0.261 e. The number of carbonyl (C=O) groups excluding carboxylic acids is 3. The molecule has 3 heterocycles. The summed E-state index contributed by atoms with van der Waals surface area (Å²) in [6, 6.07) is 14.5. The first-order valence-electron chi connectivity index (χ1n) is 9.43. The second-order valence-electron chi connectivity index (χ2n) is 7.34. The largest absolute Gasteiger partial charge is 0.361 e. The predicted octanol–water partition coefficient (Wildman–Crippen LogP) is 2.61. The van der Waals surface area contributed by atoms with Crippen LogP contribution in [0.3, 0.4) is 0 Å². The van der Waals surface area contributed by atoms with Gasteiger partial charge in [-0.3, -0.25) is 19.3 Å². The third-order valence-corrected chi connectivity index (χ3v) is 5.72. The number of hydrogen-bond acceptors (Lipinski definition) is 3. The smallest absolute Gasteiger partial charge is 0.261 e.